The SMILES string of the molecule is CCc1cnc(CNCc2cc(F)cc(/C(N)=N/O)c2)o1. The molecule has 0 saturated carbocycles. The van der Waals surface area contributed by atoms with Crippen molar-refractivity contribution < 1.29 is 14.0 Å². The van der Waals surface area contributed by atoms with E-state index >= 15 is 0 Å². The number of nitrogens with zero attached hydrogens (tertiary/aromatic N) is 2. The first kappa shape index (κ1) is 15.0. The van der Waals surface area contributed by atoms with Gasteiger partial charge in [0.25, 0.3) is 0 Å². The molecule has 2 rings (SSSR count). The number of oxime groups is 1. The third kappa shape index (κ3) is 4.03. The molecule has 0 aliphatic heterocycles. The van der Waals surface area contributed by atoms with Gasteiger partial charge in [-0.15, -0.1) is 0 Å². The van der Waals surface area contributed by atoms with Crippen molar-refractivity contribution >= 4 is 5.84 Å². The summed E-state index contributed by atoms with van der Waals surface area (Å²) in [6.07, 6.45) is 2.48. The predicted octanol–water partition coefficient (Wildman–Crippen LogP) is 1.76. The molecule has 1 aromatic heterocycles. The largest absolute Gasteiger partial charge is 0.444 e. The summed E-state index contributed by atoms with van der Waals surface area (Å²) in [5.41, 5.74) is 6.47. The van der Waals surface area contributed by atoms with Gasteiger partial charge in [-0.2, -0.15) is 0 Å². The van der Waals surface area contributed by atoms with Gasteiger partial charge in [0.05, 0.1) is 12.7 Å². The fraction of sp³-hybridized carbons (Fsp3) is 0.286. The van der Waals surface area contributed by atoms with Gasteiger partial charge in [0.15, 0.2) is 5.84 Å². The van der Waals surface area contributed by atoms with E-state index in [9.17, 15) is 4.39 Å². The van der Waals surface area contributed by atoms with Crippen molar-refractivity contribution in [1.29, 1.82) is 0 Å². The van der Waals surface area contributed by atoms with Crippen molar-refractivity contribution in [1.82, 2.24) is 10.3 Å². The molecule has 0 atom stereocenters. The molecule has 112 valence electrons. The van der Waals surface area contributed by atoms with E-state index in [1.54, 1.807) is 12.3 Å². The summed E-state index contributed by atoms with van der Waals surface area (Å²) in [4.78, 5) is 4.12. The molecule has 0 aliphatic rings. The van der Waals surface area contributed by atoms with E-state index in [0.29, 0.717) is 30.1 Å². The second-order valence-corrected chi connectivity index (χ2v) is 4.51. The van der Waals surface area contributed by atoms with Crippen LogP contribution < -0.4 is 11.1 Å². The molecule has 1 heterocycles. The molecule has 0 fully saturated rings. The Kier molecular flexibility index (Phi) is 4.89. The summed E-state index contributed by atoms with van der Waals surface area (Å²) in [5, 5.41) is 14.6. The Bertz CT molecular complexity index is 640. The van der Waals surface area contributed by atoms with Crippen LogP contribution in [0.15, 0.2) is 34.0 Å². The van der Waals surface area contributed by atoms with Crippen LogP contribution in [0, 0.1) is 5.82 Å². The highest BCUT2D eigenvalue weighted by Gasteiger charge is 2.06. The van der Waals surface area contributed by atoms with Crippen molar-refractivity contribution in [2.75, 3.05) is 0 Å². The fourth-order valence-electron chi connectivity index (χ4n) is 1.87. The van der Waals surface area contributed by atoms with Gasteiger partial charge < -0.3 is 20.7 Å². The number of hydrogen-bond acceptors (Lipinski definition) is 5. The summed E-state index contributed by atoms with van der Waals surface area (Å²) >= 11 is 0. The quantitative estimate of drug-likeness (QED) is 0.326. The Morgan fingerprint density at radius 1 is 1.43 bits per heavy atom. The lowest BCUT2D eigenvalue weighted by Gasteiger charge is -2.06. The normalized spacial score (nSPS) is 11.8. The zero-order valence-corrected chi connectivity index (χ0v) is 11.6. The number of nitrogens with two attached hydrogens (primary N) is 1. The molecule has 0 aliphatic carbocycles. The number of halogens is 1. The lowest BCUT2D eigenvalue weighted by Crippen LogP contribution is -2.16. The average Bonchev–Trinajstić information content (AvgIpc) is 2.94. The molecule has 4 N–H and O–H groups in total. The van der Waals surface area contributed by atoms with Crippen LogP contribution in [-0.2, 0) is 19.5 Å². The molecule has 1 aromatic carbocycles. The van der Waals surface area contributed by atoms with Gasteiger partial charge in [0, 0.05) is 18.5 Å². The lowest BCUT2D eigenvalue weighted by molar-refractivity contribution is 0.318. The molecule has 0 saturated heterocycles. The smallest absolute Gasteiger partial charge is 0.208 e. The monoisotopic (exact) mass is 292 g/mol. The second-order valence-electron chi connectivity index (χ2n) is 4.51. The van der Waals surface area contributed by atoms with E-state index in [0.717, 1.165) is 12.2 Å². The molecule has 0 radical (unpaired) electrons. The van der Waals surface area contributed by atoms with Crippen LogP contribution in [0.3, 0.4) is 0 Å². The molecule has 7 heteroatoms. The Labute approximate surface area is 121 Å². The molecule has 0 bridgehead atoms. The second kappa shape index (κ2) is 6.85. The number of benzene rings is 1. The summed E-state index contributed by atoms with van der Waals surface area (Å²) in [7, 11) is 0. The zero-order valence-electron chi connectivity index (χ0n) is 11.6. The van der Waals surface area contributed by atoms with Crippen LogP contribution in [0.2, 0.25) is 0 Å². The van der Waals surface area contributed by atoms with Crippen molar-refractivity contribution in [3.8, 4) is 0 Å². The average molecular weight is 292 g/mol. The molecule has 21 heavy (non-hydrogen) atoms. The maximum absolute atomic E-state index is 13.5. The van der Waals surface area contributed by atoms with Crippen LogP contribution in [0.1, 0.15) is 29.7 Å². The first-order chi connectivity index (χ1) is 10.1. The standard InChI is InChI=1S/C14H17FN4O2/c1-2-12-7-18-13(21-12)8-17-6-9-3-10(14(16)19-20)5-11(15)4-9/h3-5,7,17,20H,2,6,8H2,1H3,(H2,16,19). The number of rotatable bonds is 6. The highest BCUT2D eigenvalue weighted by Crippen LogP contribution is 2.10. The van der Waals surface area contributed by atoms with Gasteiger partial charge in [-0.3, -0.25) is 0 Å². The molecule has 0 spiro atoms. The topological polar surface area (TPSA) is 96.7 Å². The fourth-order valence-corrected chi connectivity index (χ4v) is 1.87. The highest BCUT2D eigenvalue weighted by atomic mass is 19.1. The number of nitrogens with one attached hydrogen (secondary N) is 1. The third-order valence-electron chi connectivity index (χ3n) is 2.92. The number of hydrogen-bond donors (Lipinski definition) is 3. The number of oxazole rings is 1. The summed E-state index contributed by atoms with van der Waals surface area (Å²) < 4.78 is 18.9. The number of aromatic nitrogens is 1. The van der Waals surface area contributed by atoms with E-state index < -0.39 is 5.82 Å². The first-order valence-electron chi connectivity index (χ1n) is 6.54. The summed E-state index contributed by atoms with van der Waals surface area (Å²) in [6, 6.07) is 4.24. The van der Waals surface area contributed by atoms with Crippen LogP contribution in [0.5, 0.6) is 0 Å². The minimum absolute atomic E-state index is 0.129. The molecule has 6 nitrogen and oxygen atoms in total. The molecular weight excluding hydrogens is 275 g/mol. The number of amidine groups is 1. The van der Waals surface area contributed by atoms with Crippen molar-refractivity contribution in [2.45, 2.75) is 26.4 Å². The van der Waals surface area contributed by atoms with Gasteiger partial charge in [-0.1, -0.05) is 12.1 Å². The van der Waals surface area contributed by atoms with Gasteiger partial charge in [-0.05, 0) is 23.8 Å². The molecule has 0 amide bonds. The lowest BCUT2D eigenvalue weighted by atomic mass is 10.1. The minimum atomic E-state index is -0.444. The van der Waals surface area contributed by atoms with Gasteiger partial charge in [0.2, 0.25) is 5.89 Å². The molecule has 2 aromatic rings. The van der Waals surface area contributed by atoms with E-state index in [1.807, 2.05) is 6.92 Å². The van der Waals surface area contributed by atoms with E-state index in [2.05, 4.69) is 15.5 Å². The molecule has 0 unspecified atom stereocenters. The maximum Gasteiger partial charge on any atom is 0.208 e. The van der Waals surface area contributed by atoms with Gasteiger partial charge >= 0.3 is 0 Å². The minimum Gasteiger partial charge on any atom is -0.444 e. The Morgan fingerprint density at radius 3 is 2.90 bits per heavy atom. The van der Waals surface area contributed by atoms with Crippen molar-refractivity contribution in [3.63, 3.8) is 0 Å². The first-order valence-corrected chi connectivity index (χ1v) is 6.54. The van der Waals surface area contributed by atoms with E-state index in [-0.39, 0.29) is 5.84 Å². The summed E-state index contributed by atoms with van der Waals surface area (Å²) in [5.74, 6) is 0.836. The number of aryl methyl sites for hydroxylation is 1. The Hall–Kier alpha value is -2.41. The van der Waals surface area contributed by atoms with Crippen LogP contribution >= 0.6 is 0 Å². The Morgan fingerprint density at radius 2 is 2.24 bits per heavy atom. The molecular formula is C14H17FN4O2. The van der Waals surface area contributed by atoms with E-state index in [1.165, 1.54) is 12.1 Å². The Balaban J connectivity index is 1.98. The third-order valence-corrected chi connectivity index (χ3v) is 2.92. The highest BCUT2D eigenvalue weighted by molar-refractivity contribution is 5.97. The van der Waals surface area contributed by atoms with E-state index in [4.69, 9.17) is 15.4 Å². The maximum atomic E-state index is 13.5. The van der Waals surface area contributed by atoms with Gasteiger partial charge in [0.1, 0.15) is 11.6 Å². The predicted molar refractivity (Wildman–Crippen MR) is 75.3 cm³/mol. The van der Waals surface area contributed by atoms with Crippen LogP contribution in [0.4, 0.5) is 4.39 Å². The zero-order chi connectivity index (χ0) is 15.2. The van der Waals surface area contributed by atoms with Crippen LogP contribution in [-0.4, -0.2) is 16.0 Å². The van der Waals surface area contributed by atoms with Crippen LogP contribution in [0.25, 0.3) is 0 Å². The van der Waals surface area contributed by atoms with Crippen molar-refractivity contribution in [3.05, 3.63) is 53.0 Å². The summed E-state index contributed by atoms with van der Waals surface area (Å²) in [6.45, 7) is 2.84. The van der Waals surface area contributed by atoms with Crippen molar-refractivity contribution in [2.24, 2.45) is 10.9 Å². The van der Waals surface area contributed by atoms with Gasteiger partial charge in [-0.25, -0.2) is 9.37 Å².